The lowest BCUT2D eigenvalue weighted by molar-refractivity contribution is -0.0818. The van der Waals surface area contributed by atoms with Gasteiger partial charge in [0.1, 0.15) is 6.10 Å². The number of aliphatic hydroxyl groups is 1. The number of phenolic OH excluding ortho intramolecular Hbond substituents is 1. The Balaban J connectivity index is 2.59. The van der Waals surface area contributed by atoms with Gasteiger partial charge >= 0.3 is 0 Å². The second-order valence-electron chi connectivity index (χ2n) is 4.05. The van der Waals surface area contributed by atoms with E-state index in [1.807, 2.05) is 13.0 Å². The largest absolute Gasteiger partial charge is 0.504 e. The zero-order valence-corrected chi connectivity index (χ0v) is 9.60. The lowest BCUT2D eigenvalue weighted by Gasteiger charge is -2.33. The number of fused-ring (bicyclic) bond motifs is 1. The Bertz CT molecular complexity index is 402. The molecule has 1 aromatic rings. The third-order valence-electron chi connectivity index (χ3n) is 3.03. The van der Waals surface area contributed by atoms with Crippen molar-refractivity contribution >= 4 is 0 Å². The van der Waals surface area contributed by atoms with Crippen molar-refractivity contribution in [1.29, 1.82) is 0 Å². The minimum absolute atomic E-state index is 0.00880. The standard InChI is InChI=1S/C12H16O4/c1-6-8-4-5-9(15-3)12(14)10(8)11(13)7(2)16-6/h4-7,11,13-14H,1-3H3/t6-,7+,11+/m1/s1. The molecule has 3 atom stereocenters. The van der Waals surface area contributed by atoms with Gasteiger partial charge in [0.2, 0.25) is 0 Å². The second kappa shape index (κ2) is 3.96. The summed E-state index contributed by atoms with van der Waals surface area (Å²) in [6, 6.07) is 3.49. The van der Waals surface area contributed by atoms with E-state index in [9.17, 15) is 10.2 Å². The van der Waals surface area contributed by atoms with Crippen molar-refractivity contribution in [3.63, 3.8) is 0 Å². The third kappa shape index (κ3) is 1.54. The Hall–Kier alpha value is -1.26. The van der Waals surface area contributed by atoms with E-state index in [-0.39, 0.29) is 18.0 Å². The van der Waals surface area contributed by atoms with E-state index >= 15 is 0 Å². The lowest BCUT2D eigenvalue weighted by atomic mass is 9.91. The zero-order valence-electron chi connectivity index (χ0n) is 9.60. The summed E-state index contributed by atoms with van der Waals surface area (Å²) in [7, 11) is 1.49. The summed E-state index contributed by atoms with van der Waals surface area (Å²) >= 11 is 0. The summed E-state index contributed by atoms with van der Waals surface area (Å²) in [5.74, 6) is 0.383. The van der Waals surface area contributed by atoms with E-state index in [0.29, 0.717) is 11.3 Å². The van der Waals surface area contributed by atoms with E-state index < -0.39 is 6.10 Å². The van der Waals surface area contributed by atoms with Gasteiger partial charge in [0.25, 0.3) is 0 Å². The van der Waals surface area contributed by atoms with Crippen LogP contribution in [0.3, 0.4) is 0 Å². The predicted molar refractivity (Wildman–Crippen MR) is 58.6 cm³/mol. The molecule has 2 rings (SSSR count). The van der Waals surface area contributed by atoms with Crippen molar-refractivity contribution in [3.05, 3.63) is 23.3 Å². The lowest BCUT2D eigenvalue weighted by Crippen LogP contribution is -2.27. The molecule has 16 heavy (non-hydrogen) atoms. The van der Waals surface area contributed by atoms with Crippen molar-refractivity contribution in [2.75, 3.05) is 7.11 Å². The molecule has 1 aromatic carbocycles. The van der Waals surface area contributed by atoms with Crippen LogP contribution in [-0.4, -0.2) is 23.4 Å². The van der Waals surface area contributed by atoms with Gasteiger partial charge in [0.15, 0.2) is 11.5 Å². The van der Waals surface area contributed by atoms with Crippen molar-refractivity contribution in [1.82, 2.24) is 0 Å². The van der Waals surface area contributed by atoms with Gasteiger partial charge < -0.3 is 19.7 Å². The van der Waals surface area contributed by atoms with Gasteiger partial charge in [0, 0.05) is 5.56 Å². The normalized spacial score (nSPS) is 28.6. The van der Waals surface area contributed by atoms with Gasteiger partial charge in [-0.3, -0.25) is 0 Å². The van der Waals surface area contributed by atoms with Crippen molar-refractivity contribution < 1.29 is 19.7 Å². The van der Waals surface area contributed by atoms with Crippen LogP contribution in [-0.2, 0) is 4.74 Å². The summed E-state index contributed by atoms with van der Waals surface area (Å²) < 4.78 is 10.6. The second-order valence-corrected chi connectivity index (χ2v) is 4.05. The third-order valence-corrected chi connectivity index (χ3v) is 3.03. The van der Waals surface area contributed by atoms with Gasteiger partial charge in [-0.25, -0.2) is 0 Å². The summed E-state index contributed by atoms with van der Waals surface area (Å²) in [4.78, 5) is 0. The molecule has 0 saturated heterocycles. The zero-order chi connectivity index (χ0) is 11.9. The first kappa shape index (κ1) is 11.2. The monoisotopic (exact) mass is 224 g/mol. The molecule has 0 fully saturated rings. The number of methoxy groups -OCH3 is 1. The molecular formula is C12H16O4. The van der Waals surface area contributed by atoms with Crippen molar-refractivity contribution in [2.24, 2.45) is 0 Å². The minimum atomic E-state index is -0.818. The van der Waals surface area contributed by atoms with E-state index in [4.69, 9.17) is 9.47 Å². The first-order valence-corrected chi connectivity index (χ1v) is 5.29. The number of hydrogen-bond acceptors (Lipinski definition) is 4. The highest BCUT2D eigenvalue weighted by molar-refractivity contribution is 5.52. The maximum absolute atomic E-state index is 10.0. The fourth-order valence-electron chi connectivity index (χ4n) is 2.14. The smallest absolute Gasteiger partial charge is 0.164 e. The molecule has 2 N–H and O–H groups in total. The van der Waals surface area contributed by atoms with E-state index in [1.165, 1.54) is 7.11 Å². The fraction of sp³-hybridized carbons (Fsp3) is 0.500. The number of phenols is 1. The average Bonchev–Trinajstić information content (AvgIpc) is 2.26. The average molecular weight is 224 g/mol. The SMILES string of the molecule is COc1ccc2c(c1O)[C@@H](O)[C@H](C)O[C@@H]2C. The maximum Gasteiger partial charge on any atom is 0.164 e. The molecule has 4 heteroatoms. The van der Waals surface area contributed by atoms with Crippen LogP contribution in [0, 0.1) is 0 Å². The number of aliphatic hydroxyl groups excluding tert-OH is 1. The molecule has 4 nitrogen and oxygen atoms in total. The van der Waals surface area contributed by atoms with Crippen LogP contribution in [0.25, 0.3) is 0 Å². The van der Waals surface area contributed by atoms with Crippen LogP contribution in [0.2, 0.25) is 0 Å². The number of ether oxygens (including phenoxy) is 2. The Morgan fingerprint density at radius 1 is 1.31 bits per heavy atom. The van der Waals surface area contributed by atoms with Crippen LogP contribution in [0.5, 0.6) is 11.5 Å². The van der Waals surface area contributed by atoms with Gasteiger partial charge in [-0.1, -0.05) is 6.07 Å². The summed E-state index contributed by atoms with van der Waals surface area (Å²) in [6.07, 6.45) is -1.29. The van der Waals surface area contributed by atoms with E-state index in [1.54, 1.807) is 13.0 Å². The molecular weight excluding hydrogens is 208 g/mol. The summed E-state index contributed by atoms with van der Waals surface area (Å²) in [6.45, 7) is 3.68. The molecule has 0 spiro atoms. The fourth-order valence-corrected chi connectivity index (χ4v) is 2.14. The van der Waals surface area contributed by atoms with Crippen LogP contribution >= 0.6 is 0 Å². The molecule has 0 unspecified atom stereocenters. The van der Waals surface area contributed by atoms with Gasteiger partial charge in [-0.05, 0) is 25.5 Å². The number of hydrogen-bond donors (Lipinski definition) is 2. The van der Waals surface area contributed by atoms with Gasteiger partial charge in [-0.2, -0.15) is 0 Å². The molecule has 1 aliphatic rings. The predicted octanol–water partition coefficient (Wildman–Crippen LogP) is 1.91. The highest BCUT2D eigenvalue weighted by Gasteiger charge is 2.33. The number of benzene rings is 1. The van der Waals surface area contributed by atoms with E-state index in [2.05, 4.69) is 0 Å². The molecule has 88 valence electrons. The summed E-state index contributed by atoms with van der Waals surface area (Å²) in [5.41, 5.74) is 1.33. The van der Waals surface area contributed by atoms with Crippen LogP contribution in [0.1, 0.15) is 37.2 Å². The Morgan fingerprint density at radius 2 is 2.00 bits per heavy atom. The molecule has 0 saturated carbocycles. The number of aromatic hydroxyl groups is 1. The quantitative estimate of drug-likeness (QED) is 0.765. The molecule has 0 aromatic heterocycles. The Morgan fingerprint density at radius 3 is 2.62 bits per heavy atom. The van der Waals surface area contributed by atoms with Gasteiger partial charge in [-0.15, -0.1) is 0 Å². The molecule has 1 heterocycles. The molecule has 0 radical (unpaired) electrons. The first-order chi connectivity index (χ1) is 7.56. The first-order valence-electron chi connectivity index (χ1n) is 5.29. The topological polar surface area (TPSA) is 58.9 Å². The number of rotatable bonds is 1. The molecule has 0 bridgehead atoms. The Kier molecular flexibility index (Phi) is 2.78. The maximum atomic E-state index is 10.0. The molecule has 0 aliphatic carbocycles. The molecule has 1 aliphatic heterocycles. The highest BCUT2D eigenvalue weighted by Crippen LogP contribution is 2.44. The highest BCUT2D eigenvalue weighted by atomic mass is 16.5. The minimum Gasteiger partial charge on any atom is -0.504 e. The van der Waals surface area contributed by atoms with E-state index in [0.717, 1.165) is 5.56 Å². The van der Waals surface area contributed by atoms with Crippen molar-refractivity contribution in [3.8, 4) is 11.5 Å². The van der Waals surface area contributed by atoms with Crippen LogP contribution in [0.4, 0.5) is 0 Å². The summed E-state index contributed by atoms with van der Waals surface area (Å²) in [5, 5.41) is 20.0. The van der Waals surface area contributed by atoms with Crippen LogP contribution < -0.4 is 4.74 Å². The Labute approximate surface area is 94.4 Å². The van der Waals surface area contributed by atoms with Crippen LogP contribution in [0.15, 0.2) is 12.1 Å². The molecule has 0 amide bonds. The van der Waals surface area contributed by atoms with Gasteiger partial charge in [0.05, 0.1) is 19.3 Å². The van der Waals surface area contributed by atoms with Crippen molar-refractivity contribution in [2.45, 2.75) is 32.2 Å².